The molecule has 0 fully saturated rings. The number of hydrogen-bond donors (Lipinski definition) is 0. The molecule has 2 rings (SSSR count). The summed E-state index contributed by atoms with van der Waals surface area (Å²) in [6, 6.07) is 14.3. The first-order valence-corrected chi connectivity index (χ1v) is 8.06. The van der Waals surface area contributed by atoms with E-state index in [0.29, 0.717) is 11.3 Å². The van der Waals surface area contributed by atoms with E-state index in [4.69, 9.17) is 9.47 Å². The van der Waals surface area contributed by atoms with Gasteiger partial charge in [-0.05, 0) is 32.0 Å². The zero-order valence-corrected chi connectivity index (χ0v) is 15.0. The van der Waals surface area contributed by atoms with Crippen LogP contribution in [0.2, 0.25) is 0 Å². The van der Waals surface area contributed by atoms with Crippen LogP contribution >= 0.6 is 0 Å². The lowest BCUT2D eigenvalue weighted by Crippen LogP contribution is -2.33. The Kier molecular flexibility index (Phi) is 6.17. The van der Waals surface area contributed by atoms with E-state index in [0.717, 1.165) is 11.3 Å². The number of methoxy groups -OCH3 is 1. The molecule has 2 aromatic rings. The molecule has 132 valence electrons. The maximum atomic E-state index is 12.4. The largest absolute Gasteiger partial charge is 0.496 e. The van der Waals surface area contributed by atoms with Gasteiger partial charge in [-0.3, -0.25) is 9.59 Å². The van der Waals surface area contributed by atoms with Crippen LogP contribution in [0.5, 0.6) is 11.5 Å². The number of para-hydroxylation sites is 1. The zero-order valence-electron chi connectivity index (χ0n) is 15.0. The van der Waals surface area contributed by atoms with E-state index in [9.17, 15) is 9.59 Å². The Bertz CT molecular complexity index is 757. The summed E-state index contributed by atoms with van der Waals surface area (Å²) in [6.07, 6.45) is 0. The summed E-state index contributed by atoms with van der Waals surface area (Å²) >= 11 is 0. The molecule has 1 amide bonds. The Hall–Kier alpha value is -2.82. The Balaban J connectivity index is 2.02. The van der Waals surface area contributed by atoms with Crippen LogP contribution in [0.3, 0.4) is 0 Å². The average Bonchev–Trinajstić information content (AvgIpc) is 2.65. The van der Waals surface area contributed by atoms with Crippen LogP contribution in [0, 0.1) is 0 Å². The van der Waals surface area contributed by atoms with Crippen molar-refractivity contribution in [1.29, 1.82) is 0 Å². The first-order valence-electron chi connectivity index (χ1n) is 8.06. The molecular weight excluding hydrogens is 318 g/mol. The van der Waals surface area contributed by atoms with Gasteiger partial charge in [-0.1, -0.05) is 30.3 Å². The number of ketones is 1. The van der Waals surface area contributed by atoms with Crippen molar-refractivity contribution in [3.63, 3.8) is 0 Å². The number of nitrogens with zero attached hydrogens (tertiary/aromatic N) is 1. The standard InChI is InChI=1S/C20H23NO4/c1-14(18-10-5-6-11-19(18)24-4)21(3)20(23)13-25-17-9-7-8-16(12-17)15(2)22/h5-12,14H,13H2,1-4H3. The minimum atomic E-state index is -0.161. The minimum Gasteiger partial charge on any atom is -0.496 e. The van der Waals surface area contributed by atoms with Gasteiger partial charge < -0.3 is 14.4 Å². The number of amides is 1. The van der Waals surface area contributed by atoms with E-state index in [2.05, 4.69) is 0 Å². The van der Waals surface area contributed by atoms with Crippen molar-refractivity contribution in [3.8, 4) is 11.5 Å². The van der Waals surface area contributed by atoms with E-state index in [1.54, 1.807) is 43.3 Å². The number of benzene rings is 2. The highest BCUT2D eigenvalue weighted by molar-refractivity contribution is 5.94. The fourth-order valence-electron chi connectivity index (χ4n) is 2.49. The third-order valence-electron chi connectivity index (χ3n) is 4.17. The predicted octanol–water partition coefficient (Wildman–Crippen LogP) is 3.50. The Morgan fingerprint density at radius 2 is 1.84 bits per heavy atom. The van der Waals surface area contributed by atoms with Crippen LogP contribution in [0.25, 0.3) is 0 Å². The molecule has 0 heterocycles. The van der Waals surface area contributed by atoms with E-state index in [1.807, 2.05) is 31.2 Å². The Labute approximate surface area is 148 Å². The first kappa shape index (κ1) is 18.5. The van der Waals surface area contributed by atoms with Gasteiger partial charge in [-0.2, -0.15) is 0 Å². The Morgan fingerprint density at radius 3 is 2.52 bits per heavy atom. The molecule has 2 aromatic carbocycles. The topological polar surface area (TPSA) is 55.8 Å². The van der Waals surface area contributed by atoms with Crippen molar-refractivity contribution < 1.29 is 19.1 Å². The van der Waals surface area contributed by atoms with Crippen LogP contribution < -0.4 is 9.47 Å². The van der Waals surface area contributed by atoms with E-state index >= 15 is 0 Å². The van der Waals surface area contributed by atoms with Crippen LogP contribution in [0.15, 0.2) is 48.5 Å². The van der Waals surface area contributed by atoms with Crippen molar-refractivity contribution in [3.05, 3.63) is 59.7 Å². The smallest absolute Gasteiger partial charge is 0.260 e. The van der Waals surface area contributed by atoms with Crippen LogP contribution in [0.4, 0.5) is 0 Å². The van der Waals surface area contributed by atoms with E-state index in [1.165, 1.54) is 6.92 Å². The maximum absolute atomic E-state index is 12.4. The number of rotatable bonds is 7. The molecule has 0 spiro atoms. The molecule has 0 aliphatic carbocycles. The molecule has 0 saturated carbocycles. The van der Waals surface area contributed by atoms with Crippen molar-refractivity contribution in [1.82, 2.24) is 4.90 Å². The van der Waals surface area contributed by atoms with E-state index in [-0.39, 0.29) is 24.3 Å². The molecule has 25 heavy (non-hydrogen) atoms. The van der Waals surface area contributed by atoms with Crippen molar-refractivity contribution in [2.45, 2.75) is 19.9 Å². The number of ether oxygens (including phenoxy) is 2. The molecule has 5 heteroatoms. The molecule has 1 atom stereocenters. The molecule has 0 aliphatic rings. The first-order chi connectivity index (χ1) is 11.9. The van der Waals surface area contributed by atoms with Crippen LogP contribution in [-0.2, 0) is 4.79 Å². The third kappa shape index (κ3) is 4.59. The molecular formula is C20H23NO4. The molecule has 1 unspecified atom stereocenters. The van der Waals surface area contributed by atoms with Gasteiger partial charge >= 0.3 is 0 Å². The lowest BCUT2D eigenvalue weighted by atomic mass is 10.1. The van der Waals surface area contributed by atoms with Crippen molar-refractivity contribution in [2.24, 2.45) is 0 Å². The van der Waals surface area contributed by atoms with Gasteiger partial charge in [0.15, 0.2) is 12.4 Å². The number of carbonyl (C=O) groups excluding carboxylic acids is 2. The summed E-state index contributed by atoms with van der Waals surface area (Å²) in [4.78, 5) is 25.5. The number of likely N-dealkylation sites (N-methyl/N-ethyl adjacent to an activating group) is 1. The van der Waals surface area contributed by atoms with Gasteiger partial charge in [0.2, 0.25) is 0 Å². The fourth-order valence-corrected chi connectivity index (χ4v) is 2.49. The monoisotopic (exact) mass is 341 g/mol. The second kappa shape index (κ2) is 8.33. The Morgan fingerprint density at radius 1 is 1.12 bits per heavy atom. The highest BCUT2D eigenvalue weighted by Gasteiger charge is 2.20. The molecule has 0 aromatic heterocycles. The highest BCUT2D eigenvalue weighted by Crippen LogP contribution is 2.28. The van der Waals surface area contributed by atoms with Crippen LogP contribution in [0.1, 0.15) is 35.8 Å². The zero-order chi connectivity index (χ0) is 18.4. The lowest BCUT2D eigenvalue weighted by Gasteiger charge is -2.26. The molecule has 5 nitrogen and oxygen atoms in total. The van der Waals surface area contributed by atoms with Gasteiger partial charge in [-0.25, -0.2) is 0 Å². The summed E-state index contributed by atoms with van der Waals surface area (Å²) < 4.78 is 10.9. The second-order valence-electron chi connectivity index (χ2n) is 5.80. The lowest BCUT2D eigenvalue weighted by molar-refractivity contribution is -0.134. The minimum absolute atomic E-state index is 0.0429. The molecule has 0 bridgehead atoms. The van der Waals surface area contributed by atoms with Gasteiger partial charge in [0.25, 0.3) is 5.91 Å². The van der Waals surface area contributed by atoms with Crippen LogP contribution in [-0.4, -0.2) is 37.4 Å². The van der Waals surface area contributed by atoms with E-state index < -0.39 is 0 Å². The molecule has 0 N–H and O–H groups in total. The summed E-state index contributed by atoms with van der Waals surface area (Å²) in [6.45, 7) is 3.33. The number of carbonyl (C=O) groups is 2. The summed E-state index contributed by atoms with van der Waals surface area (Å²) in [5.41, 5.74) is 1.49. The quantitative estimate of drug-likeness (QED) is 0.723. The average molecular weight is 341 g/mol. The van der Waals surface area contributed by atoms with Gasteiger partial charge in [0.1, 0.15) is 11.5 Å². The highest BCUT2D eigenvalue weighted by atomic mass is 16.5. The van der Waals surface area contributed by atoms with Gasteiger partial charge in [0.05, 0.1) is 13.2 Å². The fraction of sp³-hybridized carbons (Fsp3) is 0.300. The third-order valence-corrected chi connectivity index (χ3v) is 4.17. The second-order valence-corrected chi connectivity index (χ2v) is 5.80. The number of Topliss-reactive ketones (excluding diaryl/α,β-unsaturated/α-hetero) is 1. The summed E-state index contributed by atoms with van der Waals surface area (Å²) in [5.74, 6) is 1.04. The van der Waals surface area contributed by atoms with Crippen molar-refractivity contribution in [2.75, 3.05) is 20.8 Å². The van der Waals surface area contributed by atoms with Gasteiger partial charge in [-0.15, -0.1) is 0 Å². The maximum Gasteiger partial charge on any atom is 0.260 e. The molecule has 0 radical (unpaired) electrons. The SMILES string of the molecule is COc1ccccc1C(C)N(C)C(=O)COc1cccc(C(C)=O)c1. The normalized spacial score (nSPS) is 11.5. The predicted molar refractivity (Wildman–Crippen MR) is 96.1 cm³/mol. The molecule has 0 aliphatic heterocycles. The molecule has 0 saturated heterocycles. The van der Waals surface area contributed by atoms with Gasteiger partial charge in [0, 0.05) is 18.2 Å². The number of hydrogen-bond acceptors (Lipinski definition) is 4. The summed E-state index contributed by atoms with van der Waals surface area (Å²) in [7, 11) is 3.34. The van der Waals surface area contributed by atoms with Crippen molar-refractivity contribution >= 4 is 11.7 Å². The summed E-state index contributed by atoms with van der Waals surface area (Å²) in [5, 5.41) is 0.